The maximum absolute atomic E-state index is 9.38. The lowest BCUT2D eigenvalue weighted by atomic mass is 10.00. The molecule has 1 aliphatic heterocycles. The van der Waals surface area contributed by atoms with Gasteiger partial charge in [0.05, 0.1) is 14.2 Å². The molecule has 0 bridgehead atoms. The van der Waals surface area contributed by atoms with Crippen LogP contribution in [-0.2, 0) is 0 Å². The summed E-state index contributed by atoms with van der Waals surface area (Å²) < 4.78 is 11.8. The Balaban J connectivity index is 2.00. The zero-order valence-electron chi connectivity index (χ0n) is 12.3. The highest BCUT2D eigenvalue weighted by Crippen LogP contribution is 2.40. The zero-order chi connectivity index (χ0) is 14.8. The number of nitrogens with zero attached hydrogens (tertiary/aromatic N) is 2. The van der Waals surface area contributed by atoms with E-state index in [9.17, 15) is 5.11 Å². The van der Waals surface area contributed by atoms with Crippen molar-refractivity contribution in [1.82, 2.24) is 4.98 Å². The van der Waals surface area contributed by atoms with Gasteiger partial charge in [0.1, 0.15) is 21.7 Å². The quantitative estimate of drug-likeness (QED) is 0.940. The molecule has 0 radical (unpaired) electrons. The average Bonchev–Trinajstić information content (AvgIpc) is 2.99. The van der Waals surface area contributed by atoms with Crippen molar-refractivity contribution in [2.24, 2.45) is 5.92 Å². The molecule has 5 nitrogen and oxygen atoms in total. The van der Waals surface area contributed by atoms with Gasteiger partial charge >= 0.3 is 0 Å². The number of rotatable bonds is 4. The van der Waals surface area contributed by atoms with Crippen LogP contribution >= 0.6 is 11.3 Å². The summed E-state index contributed by atoms with van der Waals surface area (Å²) in [7, 11) is 3.33. The molecule has 21 heavy (non-hydrogen) atoms. The number of benzene rings is 1. The van der Waals surface area contributed by atoms with E-state index in [1.54, 1.807) is 25.6 Å². The molecule has 1 aliphatic rings. The van der Waals surface area contributed by atoms with Gasteiger partial charge in [-0.05, 0) is 30.9 Å². The molecule has 1 aromatic carbocycles. The van der Waals surface area contributed by atoms with Crippen LogP contribution in [0.2, 0.25) is 0 Å². The smallest absolute Gasteiger partial charge is 0.186 e. The third kappa shape index (κ3) is 2.65. The van der Waals surface area contributed by atoms with E-state index in [2.05, 4.69) is 4.90 Å². The molecule has 1 aromatic heterocycles. The van der Waals surface area contributed by atoms with Crippen molar-refractivity contribution in [2.75, 3.05) is 38.8 Å². The van der Waals surface area contributed by atoms with E-state index in [4.69, 9.17) is 14.5 Å². The number of fused-ring (bicyclic) bond motifs is 1. The second kappa shape index (κ2) is 6.07. The fourth-order valence-corrected chi connectivity index (χ4v) is 3.91. The number of piperidine rings is 1. The van der Waals surface area contributed by atoms with Gasteiger partial charge in [-0.15, -0.1) is 0 Å². The highest BCUT2D eigenvalue weighted by atomic mass is 32.1. The predicted molar refractivity (Wildman–Crippen MR) is 84.7 cm³/mol. The second-order valence-corrected chi connectivity index (χ2v) is 6.26. The average molecular weight is 308 g/mol. The fraction of sp³-hybridized carbons (Fsp3) is 0.533. The number of thiazole rings is 1. The van der Waals surface area contributed by atoms with E-state index in [-0.39, 0.29) is 6.61 Å². The highest BCUT2D eigenvalue weighted by Gasteiger charge is 2.23. The van der Waals surface area contributed by atoms with Crippen molar-refractivity contribution in [3.8, 4) is 11.5 Å². The van der Waals surface area contributed by atoms with E-state index >= 15 is 0 Å². The van der Waals surface area contributed by atoms with Crippen LogP contribution in [0, 0.1) is 5.92 Å². The molecular formula is C15H20N2O3S. The topological polar surface area (TPSA) is 54.8 Å². The molecule has 6 heteroatoms. The Hall–Kier alpha value is -1.53. The summed E-state index contributed by atoms with van der Waals surface area (Å²) in [5.41, 5.74) is 0.850. The highest BCUT2D eigenvalue weighted by molar-refractivity contribution is 7.22. The molecule has 3 rings (SSSR count). The third-order valence-electron chi connectivity index (χ3n) is 3.95. The van der Waals surface area contributed by atoms with Crippen LogP contribution in [0.5, 0.6) is 11.5 Å². The molecule has 1 atom stereocenters. The Morgan fingerprint density at radius 3 is 2.81 bits per heavy atom. The van der Waals surface area contributed by atoms with E-state index in [1.165, 1.54) is 0 Å². The van der Waals surface area contributed by atoms with Crippen LogP contribution in [0.25, 0.3) is 10.2 Å². The van der Waals surface area contributed by atoms with E-state index in [0.717, 1.165) is 52.8 Å². The fourth-order valence-electron chi connectivity index (χ4n) is 2.80. The molecule has 2 aromatic rings. The van der Waals surface area contributed by atoms with Crippen LogP contribution in [0.1, 0.15) is 12.8 Å². The lowest BCUT2D eigenvalue weighted by Gasteiger charge is -2.31. The zero-order valence-corrected chi connectivity index (χ0v) is 13.2. The van der Waals surface area contributed by atoms with Crippen LogP contribution in [0.4, 0.5) is 5.13 Å². The number of anilines is 1. The minimum atomic E-state index is 0.244. The molecule has 1 N–H and O–H groups in total. The summed E-state index contributed by atoms with van der Waals surface area (Å²) in [5.74, 6) is 1.93. The molecule has 1 unspecified atom stereocenters. The standard InChI is InChI=1S/C15H20N2O3S/c1-19-11-5-6-12(20-2)14-13(11)16-15(21-14)17-7-3-4-10(8-17)9-18/h5-6,10,18H,3-4,7-9H2,1-2H3. The Bertz CT molecular complexity index is 588. The van der Waals surface area contributed by atoms with Gasteiger partial charge in [-0.2, -0.15) is 0 Å². The molecule has 0 aliphatic carbocycles. The maximum atomic E-state index is 9.38. The molecular weight excluding hydrogens is 288 g/mol. The first-order valence-electron chi connectivity index (χ1n) is 7.14. The van der Waals surface area contributed by atoms with Crippen LogP contribution < -0.4 is 14.4 Å². The lowest BCUT2D eigenvalue weighted by molar-refractivity contribution is 0.208. The van der Waals surface area contributed by atoms with Crippen LogP contribution in [-0.4, -0.2) is 44.0 Å². The third-order valence-corrected chi connectivity index (χ3v) is 5.08. The minimum Gasteiger partial charge on any atom is -0.495 e. The number of aliphatic hydroxyl groups excluding tert-OH is 1. The van der Waals surface area contributed by atoms with E-state index in [1.807, 2.05) is 12.1 Å². The first-order valence-corrected chi connectivity index (χ1v) is 7.95. The first kappa shape index (κ1) is 14.4. The van der Waals surface area contributed by atoms with Crippen molar-refractivity contribution in [1.29, 1.82) is 0 Å². The Labute approximate surface area is 128 Å². The number of aliphatic hydroxyl groups is 1. The normalized spacial score (nSPS) is 19.0. The molecule has 1 saturated heterocycles. The molecule has 114 valence electrons. The second-order valence-electron chi connectivity index (χ2n) is 5.28. The largest absolute Gasteiger partial charge is 0.495 e. The van der Waals surface area contributed by atoms with Gasteiger partial charge in [-0.25, -0.2) is 4.98 Å². The molecule has 0 saturated carbocycles. The van der Waals surface area contributed by atoms with Crippen molar-refractivity contribution in [3.05, 3.63) is 12.1 Å². The molecule has 2 heterocycles. The van der Waals surface area contributed by atoms with Crippen molar-refractivity contribution in [3.63, 3.8) is 0 Å². The monoisotopic (exact) mass is 308 g/mol. The van der Waals surface area contributed by atoms with Crippen molar-refractivity contribution in [2.45, 2.75) is 12.8 Å². The Morgan fingerprint density at radius 1 is 1.33 bits per heavy atom. The van der Waals surface area contributed by atoms with Gasteiger partial charge in [0.25, 0.3) is 0 Å². The number of hydrogen-bond acceptors (Lipinski definition) is 6. The van der Waals surface area contributed by atoms with Gasteiger partial charge in [0.15, 0.2) is 5.13 Å². The number of aromatic nitrogens is 1. The number of hydrogen-bond donors (Lipinski definition) is 1. The van der Waals surface area contributed by atoms with Gasteiger partial charge in [-0.3, -0.25) is 0 Å². The van der Waals surface area contributed by atoms with Gasteiger partial charge in [0.2, 0.25) is 0 Å². The molecule has 0 amide bonds. The summed E-state index contributed by atoms with van der Waals surface area (Å²) in [6.07, 6.45) is 2.18. The number of methoxy groups -OCH3 is 2. The van der Waals surface area contributed by atoms with Crippen LogP contribution in [0.3, 0.4) is 0 Å². The summed E-state index contributed by atoms with van der Waals surface area (Å²) >= 11 is 1.63. The van der Waals surface area contributed by atoms with Crippen LogP contribution in [0.15, 0.2) is 12.1 Å². The van der Waals surface area contributed by atoms with E-state index < -0.39 is 0 Å². The molecule has 0 spiro atoms. The summed E-state index contributed by atoms with van der Waals surface area (Å²) in [6, 6.07) is 3.80. The van der Waals surface area contributed by atoms with E-state index in [0.29, 0.717) is 5.92 Å². The van der Waals surface area contributed by atoms with Crippen molar-refractivity contribution >= 4 is 26.7 Å². The predicted octanol–water partition coefficient (Wildman–Crippen LogP) is 2.52. The minimum absolute atomic E-state index is 0.244. The number of ether oxygens (including phenoxy) is 2. The van der Waals surface area contributed by atoms with Gasteiger partial charge in [0, 0.05) is 19.7 Å². The summed E-state index contributed by atoms with van der Waals surface area (Å²) in [5, 5.41) is 10.4. The van der Waals surface area contributed by atoms with Crippen molar-refractivity contribution < 1.29 is 14.6 Å². The maximum Gasteiger partial charge on any atom is 0.186 e. The lowest BCUT2D eigenvalue weighted by Crippen LogP contribution is -2.36. The first-order chi connectivity index (χ1) is 10.3. The summed E-state index contributed by atoms with van der Waals surface area (Å²) in [4.78, 5) is 7.00. The van der Waals surface area contributed by atoms with Gasteiger partial charge in [-0.1, -0.05) is 11.3 Å². The summed E-state index contributed by atoms with van der Waals surface area (Å²) in [6.45, 7) is 2.09. The Morgan fingerprint density at radius 2 is 2.10 bits per heavy atom. The van der Waals surface area contributed by atoms with Gasteiger partial charge < -0.3 is 19.5 Å². The molecule has 1 fully saturated rings. The SMILES string of the molecule is COc1ccc(OC)c2sc(N3CCCC(CO)C3)nc12. The Kier molecular flexibility index (Phi) is 4.17.